The molecular weight excluding hydrogens is 227 g/mol. The molecule has 1 aromatic carbocycles. The lowest BCUT2D eigenvalue weighted by Crippen LogP contribution is -2.32. The zero-order valence-corrected chi connectivity index (χ0v) is 8.77. The van der Waals surface area contributed by atoms with Gasteiger partial charge in [-0.3, -0.25) is 4.79 Å². The minimum atomic E-state index is -1.15. The number of rotatable bonds is 3. The Bertz CT molecular complexity index is 579. The van der Waals surface area contributed by atoms with Crippen molar-refractivity contribution in [2.45, 2.75) is 12.5 Å². The quantitative estimate of drug-likeness (QED) is 0.640. The average Bonchev–Trinajstić information content (AvgIpc) is 2.67. The average molecular weight is 238 g/mol. The van der Waals surface area contributed by atoms with Crippen LogP contribution in [0.2, 0.25) is 0 Å². The van der Waals surface area contributed by atoms with Crippen LogP contribution < -0.4 is 5.73 Å². The molecule has 5 nitrogen and oxygen atoms in total. The highest BCUT2D eigenvalue weighted by Crippen LogP contribution is 2.28. The first-order valence-corrected chi connectivity index (χ1v) is 4.96. The number of halogens is 1. The first-order chi connectivity index (χ1) is 8.00. The number of carboxylic acids is 1. The number of phenols is 1. The summed E-state index contributed by atoms with van der Waals surface area (Å²) in [6.07, 6.45) is 1.49. The lowest BCUT2D eigenvalue weighted by molar-refractivity contribution is -0.138. The van der Waals surface area contributed by atoms with Crippen molar-refractivity contribution in [1.29, 1.82) is 0 Å². The van der Waals surface area contributed by atoms with Crippen LogP contribution in [-0.4, -0.2) is 27.2 Å². The zero-order chi connectivity index (χ0) is 12.6. The number of carbonyl (C=O) groups is 1. The molecule has 90 valence electrons. The van der Waals surface area contributed by atoms with Gasteiger partial charge in [-0.05, 0) is 17.7 Å². The fraction of sp³-hybridized carbons (Fsp3) is 0.182. The van der Waals surface area contributed by atoms with E-state index >= 15 is 0 Å². The number of nitrogens with two attached hydrogens (primary N) is 1. The minimum Gasteiger partial charge on any atom is -0.505 e. The van der Waals surface area contributed by atoms with Gasteiger partial charge in [-0.25, -0.2) is 4.39 Å². The molecule has 2 rings (SSSR count). The molecule has 0 aliphatic carbocycles. The first-order valence-electron chi connectivity index (χ1n) is 4.96. The molecule has 1 heterocycles. The second-order valence-corrected chi connectivity index (χ2v) is 3.78. The van der Waals surface area contributed by atoms with Gasteiger partial charge in [-0.15, -0.1) is 0 Å². The zero-order valence-electron chi connectivity index (χ0n) is 8.77. The monoisotopic (exact) mass is 238 g/mol. The Hall–Kier alpha value is -2.08. The van der Waals surface area contributed by atoms with Crippen LogP contribution in [0, 0.1) is 5.82 Å². The summed E-state index contributed by atoms with van der Waals surface area (Å²) in [5.41, 5.74) is 6.32. The SMILES string of the molecule is N[C@@H](Cc1c[nH]c2ccc(O)c(F)c12)C(=O)O. The van der Waals surface area contributed by atoms with Gasteiger partial charge in [0, 0.05) is 23.5 Å². The summed E-state index contributed by atoms with van der Waals surface area (Å²) in [6.45, 7) is 0. The lowest BCUT2D eigenvalue weighted by Gasteiger charge is -2.05. The van der Waals surface area contributed by atoms with Gasteiger partial charge in [0.25, 0.3) is 0 Å². The maximum Gasteiger partial charge on any atom is 0.320 e. The number of aliphatic carboxylic acids is 1. The molecule has 0 fully saturated rings. The van der Waals surface area contributed by atoms with E-state index < -0.39 is 23.6 Å². The van der Waals surface area contributed by atoms with Crippen LogP contribution in [0.15, 0.2) is 18.3 Å². The number of H-pyrrole nitrogens is 1. The lowest BCUT2D eigenvalue weighted by atomic mass is 10.1. The second-order valence-electron chi connectivity index (χ2n) is 3.78. The molecule has 0 unspecified atom stereocenters. The first kappa shape index (κ1) is 11.4. The van der Waals surface area contributed by atoms with Crippen LogP contribution >= 0.6 is 0 Å². The van der Waals surface area contributed by atoms with Crippen molar-refractivity contribution in [3.05, 3.63) is 29.7 Å². The summed E-state index contributed by atoms with van der Waals surface area (Å²) in [5.74, 6) is -2.39. The number of aromatic hydroxyl groups is 1. The van der Waals surface area contributed by atoms with Gasteiger partial charge in [-0.1, -0.05) is 0 Å². The summed E-state index contributed by atoms with van der Waals surface area (Å²) in [5, 5.41) is 18.1. The molecule has 0 bridgehead atoms. The van der Waals surface area contributed by atoms with Crippen LogP contribution in [-0.2, 0) is 11.2 Å². The Morgan fingerprint density at radius 3 is 2.88 bits per heavy atom. The van der Waals surface area contributed by atoms with E-state index in [9.17, 15) is 14.3 Å². The Labute approximate surface area is 95.7 Å². The van der Waals surface area contributed by atoms with Crippen LogP contribution in [0.3, 0.4) is 0 Å². The number of hydrogen-bond acceptors (Lipinski definition) is 3. The summed E-state index contributed by atoms with van der Waals surface area (Å²) in [4.78, 5) is 13.4. The number of fused-ring (bicyclic) bond motifs is 1. The van der Waals surface area contributed by atoms with E-state index in [0.29, 0.717) is 11.1 Å². The minimum absolute atomic E-state index is 0.00426. The molecule has 0 saturated heterocycles. The van der Waals surface area contributed by atoms with Crippen LogP contribution in [0.5, 0.6) is 5.75 Å². The van der Waals surface area contributed by atoms with Gasteiger partial charge in [0.05, 0.1) is 0 Å². The number of aromatic nitrogens is 1. The summed E-state index contributed by atoms with van der Waals surface area (Å²) >= 11 is 0. The van der Waals surface area contributed by atoms with E-state index in [1.807, 2.05) is 0 Å². The molecule has 0 aliphatic rings. The van der Waals surface area contributed by atoms with Gasteiger partial charge >= 0.3 is 5.97 Å². The molecule has 6 heteroatoms. The van der Waals surface area contributed by atoms with E-state index in [4.69, 9.17) is 10.8 Å². The molecule has 2 aromatic rings. The maximum atomic E-state index is 13.7. The normalized spacial score (nSPS) is 12.8. The van der Waals surface area contributed by atoms with Crippen LogP contribution in [0.4, 0.5) is 4.39 Å². The second kappa shape index (κ2) is 4.06. The van der Waals surface area contributed by atoms with Crippen molar-refractivity contribution in [3.63, 3.8) is 0 Å². The van der Waals surface area contributed by atoms with Gasteiger partial charge in [0.15, 0.2) is 11.6 Å². The van der Waals surface area contributed by atoms with Crippen molar-refractivity contribution in [2.24, 2.45) is 5.73 Å². The topological polar surface area (TPSA) is 99.3 Å². The van der Waals surface area contributed by atoms with Crippen molar-refractivity contribution in [3.8, 4) is 5.75 Å². The largest absolute Gasteiger partial charge is 0.505 e. The molecule has 17 heavy (non-hydrogen) atoms. The van der Waals surface area contributed by atoms with Crippen molar-refractivity contribution >= 4 is 16.9 Å². The van der Waals surface area contributed by atoms with E-state index in [2.05, 4.69) is 4.98 Å². The number of hydrogen-bond donors (Lipinski definition) is 4. The smallest absolute Gasteiger partial charge is 0.320 e. The molecule has 5 N–H and O–H groups in total. The molecule has 0 spiro atoms. The summed E-state index contributed by atoms with van der Waals surface area (Å²) in [6, 6.07) is 1.65. The van der Waals surface area contributed by atoms with Crippen LogP contribution in [0.25, 0.3) is 10.9 Å². The highest BCUT2D eigenvalue weighted by atomic mass is 19.1. The van der Waals surface area contributed by atoms with Gasteiger partial charge in [-0.2, -0.15) is 0 Å². The number of aromatic amines is 1. The Morgan fingerprint density at radius 2 is 2.24 bits per heavy atom. The third-order valence-corrected chi connectivity index (χ3v) is 2.60. The predicted molar refractivity (Wildman–Crippen MR) is 59.2 cm³/mol. The third kappa shape index (κ3) is 1.94. The number of phenolic OH excluding ortho intramolecular Hbond substituents is 1. The molecule has 1 aromatic heterocycles. The van der Waals surface area contributed by atoms with Gasteiger partial charge in [0.1, 0.15) is 6.04 Å². The number of benzene rings is 1. The highest BCUT2D eigenvalue weighted by molar-refractivity contribution is 5.86. The molecule has 0 saturated carbocycles. The summed E-state index contributed by atoms with van der Waals surface area (Å²) < 4.78 is 13.7. The third-order valence-electron chi connectivity index (χ3n) is 2.60. The van der Waals surface area contributed by atoms with Gasteiger partial charge < -0.3 is 20.9 Å². The number of nitrogens with one attached hydrogen (secondary N) is 1. The Kier molecular flexibility index (Phi) is 2.72. The van der Waals surface area contributed by atoms with E-state index in [1.165, 1.54) is 18.3 Å². The van der Waals surface area contributed by atoms with Crippen molar-refractivity contribution in [2.75, 3.05) is 0 Å². The molecule has 1 atom stereocenters. The highest BCUT2D eigenvalue weighted by Gasteiger charge is 2.18. The maximum absolute atomic E-state index is 13.7. The van der Waals surface area contributed by atoms with Crippen LogP contribution in [0.1, 0.15) is 5.56 Å². The Morgan fingerprint density at radius 1 is 1.53 bits per heavy atom. The number of carboxylic acid groups (broad SMARTS) is 1. The predicted octanol–water partition coefficient (Wildman–Crippen LogP) is 0.967. The van der Waals surface area contributed by atoms with E-state index in [-0.39, 0.29) is 11.8 Å². The standard InChI is InChI=1S/C11H11FN2O3/c12-10-8(15)2-1-7-9(10)5(4-14-7)3-6(13)11(16)17/h1-2,4,6,14-15H,3,13H2,(H,16,17)/t6-/m0/s1. The van der Waals surface area contributed by atoms with Crippen molar-refractivity contribution < 1.29 is 19.4 Å². The summed E-state index contributed by atoms with van der Waals surface area (Å²) in [7, 11) is 0. The van der Waals surface area contributed by atoms with E-state index in [0.717, 1.165) is 0 Å². The van der Waals surface area contributed by atoms with E-state index in [1.54, 1.807) is 0 Å². The molecular formula is C11H11FN2O3. The Balaban J connectivity index is 2.48. The molecule has 0 amide bonds. The molecule has 0 radical (unpaired) electrons. The van der Waals surface area contributed by atoms with Crippen molar-refractivity contribution in [1.82, 2.24) is 4.98 Å². The fourth-order valence-corrected chi connectivity index (χ4v) is 1.72. The van der Waals surface area contributed by atoms with Gasteiger partial charge in [0.2, 0.25) is 0 Å². The fourth-order valence-electron chi connectivity index (χ4n) is 1.72. The molecule has 0 aliphatic heterocycles.